The SMILES string of the molecule is CCn1c(N2CCC[C@H](N)C2)nc2cnn(CC3=Nc4ccccc4Oc4ccccc43)c(=O)c21. The van der Waals surface area contributed by atoms with E-state index in [1.165, 1.54) is 4.68 Å². The second-order valence-corrected chi connectivity index (χ2v) is 8.97. The maximum atomic E-state index is 13.7. The molecule has 9 heteroatoms. The normalized spacial score (nSPS) is 17.4. The lowest BCUT2D eigenvalue weighted by atomic mass is 10.1. The highest BCUT2D eigenvalue weighted by Gasteiger charge is 2.25. The second kappa shape index (κ2) is 8.66. The fourth-order valence-electron chi connectivity index (χ4n) is 4.93. The van der Waals surface area contributed by atoms with Gasteiger partial charge in [0.1, 0.15) is 22.5 Å². The van der Waals surface area contributed by atoms with Crippen molar-refractivity contribution in [3.05, 3.63) is 70.6 Å². The Kier molecular flexibility index (Phi) is 5.33. The molecule has 1 saturated heterocycles. The van der Waals surface area contributed by atoms with Crippen LogP contribution in [0.5, 0.6) is 11.5 Å². The van der Waals surface area contributed by atoms with Gasteiger partial charge in [0.15, 0.2) is 5.75 Å². The first-order valence-electron chi connectivity index (χ1n) is 12.0. The Bertz CT molecular complexity index is 1500. The zero-order valence-corrected chi connectivity index (χ0v) is 19.6. The monoisotopic (exact) mass is 469 g/mol. The van der Waals surface area contributed by atoms with E-state index in [1.54, 1.807) is 6.20 Å². The van der Waals surface area contributed by atoms with Gasteiger partial charge in [-0.2, -0.15) is 5.10 Å². The average molecular weight is 470 g/mol. The summed E-state index contributed by atoms with van der Waals surface area (Å²) in [6, 6.07) is 15.5. The molecule has 9 nitrogen and oxygen atoms in total. The molecule has 0 unspecified atom stereocenters. The van der Waals surface area contributed by atoms with Crippen molar-refractivity contribution in [2.24, 2.45) is 10.7 Å². The summed E-state index contributed by atoms with van der Waals surface area (Å²) in [5.74, 6) is 2.17. The molecule has 0 radical (unpaired) electrons. The van der Waals surface area contributed by atoms with Crippen LogP contribution in [0.15, 0.2) is 64.5 Å². The van der Waals surface area contributed by atoms with Crippen molar-refractivity contribution < 1.29 is 4.74 Å². The summed E-state index contributed by atoms with van der Waals surface area (Å²) in [7, 11) is 0. The molecule has 2 aliphatic heterocycles. The van der Waals surface area contributed by atoms with Gasteiger partial charge in [-0.1, -0.05) is 24.3 Å². The molecule has 4 heterocycles. The third-order valence-electron chi connectivity index (χ3n) is 6.63. The predicted molar refractivity (Wildman–Crippen MR) is 136 cm³/mol. The van der Waals surface area contributed by atoms with Crippen molar-refractivity contribution in [3.63, 3.8) is 0 Å². The van der Waals surface area contributed by atoms with Crippen LogP contribution in [-0.4, -0.2) is 44.2 Å². The summed E-state index contributed by atoms with van der Waals surface area (Å²) in [5.41, 5.74) is 9.44. The summed E-state index contributed by atoms with van der Waals surface area (Å²) in [5, 5.41) is 4.47. The lowest BCUT2D eigenvalue weighted by Gasteiger charge is -2.31. The molecule has 4 aromatic rings. The van der Waals surface area contributed by atoms with E-state index in [4.69, 9.17) is 20.4 Å². The minimum absolute atomic E-state index is 0.113. The van der Waals surface area contributed by atoms with Crippen LogP contribution in [0.2, 0.25) is 0 Å². The van der Waals surface area contributed by atoms with Gasteiger partial charge in [-0.25, -0.2) is 14.7 Å². The van der Waals surface area contributed by atoms with E-state index in [9.17, 15) is 4.79 Å². The van der Waals surface area contributed by atoms with Gasteiger partial charge in [-0.3, -0.25) is 4.79 Å². The van der Waals surface area contributed by atoms with E-state index in [-0.39, 0.29) is 18.1 Å². The van der Waals surface area contributed by atoms with Crippen LogP contribution in [-0.2, 0) is 13.1 Å². The number of para-hydroxylation sites is 3. The molecule has 0 amide bonds. The highest BCUT2D eigenvalue weighted by Crippen LogP contribution is 2.37. The zero-order valence-electron chi connectivity index (χ0n) is 19.6. The minimum Gasteiger partial charge on any atom is -0.454 e. The lowest BCUT2D eigenvalue weighted by molar-refractivity contribution is 0.484. The van der Waals surface area contributed by atoms with Crippen LogP contribution in [0, 0.1) is 0 Å². The van der Waals surface area contributed by atoms with E-state index in [0.717, 1.165) is 43.1 Å². The molecule has 0 spiro atoms. The number of aromatic nitrogens is 4. The summed E-state index contributed by atoms with van der Waals surface area (Å²) in [4.78, 5) is 25.5. The number of rotatable bonds is 4. The van der Waals surface area contributed by atoms with Crippen LogP contribution < -0.4 is 20.9 Å². The van der Waals surface area contributed by atoms with Crippen molar-refractivity contribution in [3.8, 4) is 11.5 Å². The molecule has 2 aromatic carbocycles. The minimum atomic E-state index is -0.192. The molecule has 2 N–H and O–H groups in total. The molecule has 6 rings (SSSR count). The number of fused-ring (bicyclic) bond motifs is 3. The van der Waals surface area contributed by atoms with Gasteiger partial charge in [0.05, 0.1) is 18.5 Å². The molecule has 178 valence electrons. The Morgan fingerprint density at radius 3 is 2.74 bits per heavy atom. The predicted octanol–water partition coefficient (Wildman–Crippen LogP) is 3.47. The number of nitrogens with two attached hydrogens (primary N) is 1. The number of ether oxygens (including phenoxy) is 1. The van der Waals surface area contributed by atoms with Crippen LogP contribution >= 0.6 is 0 Å². The van der Waals surface area contributed by atoms with Crippen molar-refractivity contribution in [1.82, 2.24) is 19.3 Å². The third kappa shape index (κ3) is 3.77. The Morgan fingerprint density at radius 2 is 1.91 bits per heavy atom. The summed E-state index contributed by atoms with van der Waals surface area (Å²) in [6.07, 6.45) is 3.69. The first kappa shape index (κ1) is 21.5. The quantitative estimate of drug-likeness (QED) is 0.491. The van der Waals surface area contributed by atoms with Gasteiger partial charge in [-0.05, 0) is 44.0 Å². The molecule has 35 heavy (non-hydrogen) atoms. The zero-order chi connectivity index (χ0) is 23.9. The van der Waals surface area contributed by atoms with Gasteiger partial charge in [0, 0.05) is 31.2 Å². The maximum Gasteiger partial charge on any atom is 0.293 e. The number of imidazole rings is 1. The Labute approximate surface area is 202 Å². The molecular weight excluding hydrogens is 442 g/mol. The average Bonchev–Trinajstić information content (AvgIpc) is 3.18. The topological polar surface area (TPSA) is 104 Å². The van der Waals surface area contributed by atoms with Crippen molar-refractivity contribution in [1.29, 1.82) is 0 Å². The third-order valence-corrected chi connectivity index (χ3v) is 6.63. The molecular formula is C26H27N7O2. The van der Waals surface area contributed by atoms with Gasteiger partial charge < -0.3 is 19.9 Å². The number of anilines is 1. The van der Waals surface area contributed by atoms with Gasteiger partial charge >= 0.3 is 0 Å². The highest BCUT2D eigenvalue weighted by molar-refractivity contribution is 6.05. The van der Waals surface area contributed by atoms with Gasteiger partial charge in [0.2, 0.25) is 5.95 Å². The van der Waals surface area contributed by atoms with Crippen molar-refractivity contribution in [2.75, 3.05) is 18.0 Å². The number of piperidine rings is 1. The molecule has 1 atom stereocenters. The van der Waals surface area contributed by atoms with Gasteiger partial charge in [0.25, 0.3) is 5.56 Å². The molecule has 0 bridgehead atoms. The van der Waals surface area contributed by atoms with E-state index in [1.807, 2.05) is 60.0 Å². The lowest BCUT2D eigenvalue weighted by Crippen LogP contribution is -2.44. The highest BCUT2D eigenvalue weighted by atomic mass is 16.5. The van der Waals surface area contributed by atoms with Crippen LogP contribution in [0.3, 0.4) is 0 Å². The molecule has 2 aromatic heterocycles. The fourth-order valence-corrected chi connectivity index (χ4v) is 4.93. The van der Waals surface area contributed by atoms with Crippen LogP contribution in [0.25, 0.3) is 11.0 Å². The maximum absolute atomic E-state index is 13.7. The molecule has 2 aliphatic rings. The first-order chi connectivity index (χ1) is 17.1. The second-order valence-electron chi connectivity index (χ2n) is 8.97. The first-order valence-corrected chi connectivity index (χ1v) is 12.0. The van der Waals surface area contributed by atoms with Gasteiger partial charge in [-0.15, -0.1) is 0 Å². The van der Waals surface area contributed by atoms with Crippen LogP contribution in [0.1, 0.15) is 25.3 Å². The van der Waals surface area contributed by atoms with E-state index >= 15 is 0 Å². The summed E-state index contributed by atoms with van der Waals surface area (Å²) >= 11 is 0. The summed E-state index contributed by atoms with van der Waals surface area (Å²) in [6.45, 7) is 4.48. The Hall–Kier alpha value is -3.98. The number of aryl methyl sites for hydroxylation is 1. The van der Waals surface area contributed by atoms with E-state index < -0.39 is 0 Å². The largest absolute Gasteiger partial charge is 0.454 e. The fraction of sp³-hybridized carbons (Fsp3) is 0.308. The number of hydrogen-bond donors (Lipinski definition) is 1. The van der Waals surface area contributed by atoms with E-state index in [2.05, 4.69) is 10.00 Å². The Balaban J connectivity index is 1.44. The standard InChI is InChI=1S/C26H27N7O2/c1-2-32-24-20(30-26(32)31-13-7-8-17(27)15-31)14-28-33(25(24)34)16-21-18-9-3-5-11-22(18)35-23-12-6-4-10-19(23)29-21/h3-6,9-12,14,17H,2,7-8,13,15-16,27H2,1H3/t17-/m0/s1. The number of hydrogen-bond acceptors (Lipinski definition) is 7. The van der Waals surface area contributed by atoms with Crippen molar-refractivity contribution >= 4 is 28.4 Å². The molecule has 1 fully saturated rings. The van der Waals surface area contributed by atoms with Crippen LogP contribution in [0.4, 0.5) is 11.6 Å². The summed E-state index contributed by atoms with van der Waals surface area (Å²) < 4.78 is 9.58. The smallest absolute Gasteiger partial charge is 0.293 e. The number of nitrogens with zero attached hydrogens (tertiary/aromatic N) is 6. The number of benzene rings is 2. The number of aliphatic imine (C=N–C) groups is 1. The molecule has 0 saturated carbocycles. The Morgan fingerprint density at radius 1 is 1.11 bits per heavy atom. The van der Waals surface area contributed by atoms with E-state index in [0.29, 0.717) is 34.8 Å². The van der Waals surface area contributed by atoms with Crippen molar-refractivity contribution in [2.45, 2.75) is 38.9 Å². The molecule has 0 aliphatic carbocycles.